The molecule has 94 valence electrons. The summed E-state index contributed by atoms with van der Waals surface area (Å²) in [4.78, 5) is 4.34. The summed E-state index contributed by atoms with van der Waals surface area (Å²) in [6, 6.07) is 9.97. The molecule has 1 heterocycles. The molecule has 1 aromatic carbocycles. The molecule has 3 nitrogen and oxygen atoms in total. The standard InChI is InChI=1S/C15H18N2O/c1-3-8-18-13-6-4-12(5-7-13)15-9-11(2)14(16)10-17-15/h4-7,9-10H,3,8,16H2,1-2H3. The van der Waals surface area contributed by atoms with Crippen molar-refractivity contribution in [2.24, 2.45) is 0 Å². The SMILES string of the molecule is CCCOc1ccc(-c2cc(C)c(N)cn2)cc1. The van der Waals surface area contributed by atoms with Gasteiger partial charge in [-0.2, -0.15) is 0 Å². The third-order valence-electron chi connectivity index (χ3n) is 2.77. The maximum Gasteiger partial charge on any atom is 0.119 e. The zero-order valence-corrected chi connectivity index (χ0v) is 10.8. The molecule has 0 radical (unpaired) electrons. The van der Waals surface area contributed by atoms with Gasteiger partial charge in [-0.15, -0.1) is 0 Å². The highest BCUT2D eigenvalue weighted by atomic mass is 16.5. The highest BCUT2D eigenvalue weighted by Crippen LogP contribution is 2.23. The van der Waals surface area contributed by atoms with Crippen molar-refractivity contribution in [3.63, 3.8) is 0 Å². The molecule has 2 aromatic rings. The Morgan fingerprint density at radius 3 is 2.56 bits per heavy atom. The van der Waals surface area contributed by atoms with E-state index in [-0.39, 0.29) is 0 Å². The van der Waals surface area contributed by atoms with Crippen molar-refractivity contribution in [2.75, 3.05) is 12.3 Å². The zero-order valence-electron chi connectivity index (χ0n) is 10.8. The molecular weight excluding hydrogens is 224 g/mol. The number of hydrogen-bond acceptors (Lipinski definition) is 3. The third kappa shape index (κ3) is 2.80. The molecule has 0 amide bonds. The minimum Gasteiger partial charge on any atom is -0.494 e. The van der Waals surface area contributed by atoms with Crippen LogP contribution >= 0.6 is 0 Å². The van der Waals surface area contributed by atoms with Crippen molar-refractivity contribution in [2.45, 2.75) is 20.3 Å². The molecule has 0 aliphatic rings. The van der Waals surface area contributed by atoms with Gasteiger partial charge in [-0.3, -0.25) is 4.98 Å². The predicted molar refractivity (Wildman–Crippen MR) is 74.6 cm³/mol. The van der Waals surface area contributed by atoms with Crippen molar-refractivity contribution in [1.29, 1.82) is 0 Å². The number of nitrogens with zero attached hydrogens (tertiary/aromatic N) is 1. The normalized spacial score (nSPS) is 10.3. The molecule has 18 heavy (non-hydrogen) atoms. The van der Waals surface area contributed by atoms with Crippen LogP contribution in [-0.4, -0.2) is 11.6 Å². The Morgan fingerprint density at radius 2 is 1.94 bits per heavy atom. The van der Waals surface area contributed by atoms with Crippen LogP contribution in [0.3, 0.4) is 0 Å². The molecule has 2 rings (SSSR count). The predicted octanol–water partition coefficient (Wildman–Crippen LogP) is 3.43. The smallest absolute Gasteiger partial charge is 0.119 e. The lowest BCUT2D eigenvalue weighted by atomic mass is 10.1. The molecule has 2 N–H and O–H groups in total. The number of pyridine rings is 1. The van der Waals surface area contributed by atoms with Gasteiger partial charge in [0.25, 0.3) is 0 Å². The van der Waals surface area contributed by atoms with Crippen molar-refractivity contribution in [3.05, 3.63) is 42.1 Å². The van der Waals surface area contributed by atoms with Crippen LogP contribution in [0.25, 0.3) is 11.3 Å². The number of rotatable bonds is 4. The average molecular weight is 242 g/mol. The summed E-state index contributed by atoms with van der Waals surface area (Å²) in [6.07, 6.45) is 2.71. The van der Waals surface area contributed by atoms with E-state index in [2.05, 4.69) is 11.9 Å². The Morgan fingerprint density at radius 1 is 1.22 bits per heavy atom. The lowest BCUT2D eigenvalue weighted by molar-refractivity contribution is 0.317. The number of aryl methyl sites for hydroxylation is 1. The van der Waals surface area contributed by atoms with Crippen molar-refractivity contribution >= 4 is 5.69 Å². The van der Waals surface area contributed by atoms with E-state index < -0.39 is 0 Å². The molecule has 0 unspecified atom stereocenters. The fourth-order valence-electron chi connectivity index (χ4n) is 1.67. The van der Waals surface area contributed by atoms with Crippen LogP contribution in [0.2, 0.25) is 0 Å². The van der Waals surface area contributed by atoms with Gasteiger partial charge in [0.1, 0.15) is 5.75 Å². The molecule has 1 aromatic heterocycles. The van der Waals surface area contributed by atoms with Crippen molar-refractivity contribution in [1.82, 2.24) is 4.98 Å². The Kier molecular flexibility index (Phi) is 3.82. The van der Waals surface area contributed by atoms with Gasteiger partial charge >= 0.3 is 0 Å². The largest absolute Gasteiger partial charge is 0.494 e. The summed E-state index contributed by atoms with van der Waals surface area (Å²) in [5.74, 6) is 0.896. The second kappa shape index (κ2) is 5.54. The Bertz CT molecular complexity index is 521. The fraction of sp³-hybridized carbons (Fsp3) is 0.267. The van der Waals surface area contributed by atoms with E-state index in [1.54, 1.807) is 6.20 Å². The van der Waals surface area contributed by atoms with Crippen LogP contribution in [0, 0.1) is 6.92 Å². The van der Waals surface area contributed by atoms with E-state index >= 15 is 0 Å². The molecular formula is C15H18N2O. The van der Waals surface area contributed by atoms with Gasteiger partial charge in [-0.1, -0.05) is 6.92 Å². The topological polar surface area (TPSA) is 48.1 Å². The summed E-state index contributed by atoms with van der Waals surface area (Å²) in [7, 11) is 0. The van der Waals surface area contributed by atoms with Crippen LogP contribution in [0.4, 0.5) is 5.69 Å². The second-order valence-corrected chi connectivity index (χ2v) is 4.30. The van der Waals surface area contributed by atoms with Crippen molar-refractivity contribution in [3.8, 4) is 17.0 Å². The van der Waals surface area contributed by atoms with E-state index in [9.17, 15) is 0 Å². The van der Waals surface area contributed by atoms with Crippen molar-refractivity contribution < 1.29 is 4.74 Å². The lowest BCUT2D eigenvalue weighted by Gasteiger charge is -2.07. The minimum atomic E-state index is 0.724. The minimum absolute atomic E-state index is 0.724. The van der Waals surface area contributed by atoms with Gasteiger partial charge in [0.15, 0.2) is 0 Å². The van der Waals surface area contributed by atoms with E-state index in [0.717, 1.165) is 41.3 Å². The highest BCUT2D eigenvalue weighted by molar-refractivity contribution is 5.63. The first-order valence-electron chi connectivity index (χ1n) is 6.16. The van der Waals surface area contributed by atoms with E-state index in [4.69, 9.17) is 10.5 Å². The Labute approximate surface area is 108 Å². The highest BCUT2D eigenvalue weighted by Gasteiger charge is 2.02. The van der Waals surface area contributed by atoms with Crippen LogP contribution < -0.4 is 10.5 Å². The van der Waals surface area contributed by atoms with Crippen LogP contribution in [0.1, 0.15) is 18.9 Å². The number of aromatic nitrogens is 1. The number of anilines is 1. The van der Waals surface area contributed by atoms with Gasteiger partial charge in [0, 0.05) is 5.56 Å². The summed E-state index contributed by atoms with van der Waals surface area (Å²) < 4.78 is 5.55. The Balaban J connectivity index is 2.20. The number of nitrogen functional groups attached to an aromatic ring is 1. The monoisotopic (exact) mass is 242 g/mol. The molecule has 0 spiro atoms. The van der Waals surface area contributed by atoms with Crippen LogP contribution in [-0.2, 0) is 0 Å². The number of benzene rings is 1. The van der Waals surface area contributed by atoms with E-state index in [0.29, 0.717) is 0 Å². The van der Waals surface area contributed by atoms with Crippen LogP contribution in [0.5, 0.6) is 5.75 Å². The molecule has 0 fully saturated rings. The average Bonchev–Trinajstić information content (AvgIpc) is 2.40. The molecule has 0 saturated carbocycles. The zero-order chi connectivity index (χ0) is 13.0. The van der Waals surface area contributed by atoms with E-state index in [1.165, 1.54) is 0 Å². The van der Waals surface area contributed by atoms with Gasteiger partial charge in [0.2, 0.25) is 0 Å². The van der Waals surface area contributed by atoms with Gasteiger partial charge in [-0.05, 0) is 49.2 Å². The van der Waals surface area contributed by atoms with Gasteiger partial charge < -0.3 is 10.5 Å². The Hall–Kier alpha value is -2.03. The number of ether oxygens (including phenoxy) is 1. The quantitative estimate of drug-likeness (QED) is 0.893. The fourth-order valence-corrected chi connectivity index (χ4v) is 1.67. The lowest BCUT2D eigenvalue weighted by Crippen LogP contribution is -1.95. The third-order valence-corrected chi connectivity index (χ3v) is 2.77. The molecule has 0 saturated heterocycles. The first-order chi connectivity index (χ1) is 8.70. The van der Waals surface area contributed by atoms with E-state index in [1.807, 2.05) is 37.3 Å². The molecule has 0 aliphatic carbocycles. The molecule has 0 bridgehead atoms. The maximum atomic E-state index is 5.76. The summed E-state index contributed by atoms with van der Waals surface area (Å²) in [5, 5.41) is 0. The second-order valence-electron chi connectivity index (χ2n) is 4.30. The summed E-state index contributed by atoms with van der Waals surface area (Å²) >= 11 is 0. The summed E-state index contributed by atoms with van der Waals surface area (Å²) in [6.45, 7) is 4.83. The van der Waals surface area contributed by atoms with Crippen LogP contribution in [0.15, 0.2) is 36.5 Å². The number of nitrogens with two attached hydrogens (primary N) is 1. The van der Waals surface area contributed by atoms with Gasteiger partial charge in [-0.25, -0.2) is 0 Å². The van der Waals surface area contributed by atoms with Gasteiger partial charge in [0.05, 0.1) is 24.2 Å². The number of hydrogen-bond donors (Lipinski definition) is 1. The maximum absolute atomic E-state index is 5.76. The first kappa shape index (κ1) is 12.4. The molecule has 0 aliphatic heterocycles. The molecule has 0 atom stereocenters. The first-order valence-corrected chi connectivity index (χ1v) is 6.16. The summed E-state index contributed by atoms with van der Waals surface area (Å²) in [5.41, 5.74) is 9.54. The molecule has 3 heteroatoms.